The smallest absolute Gasteiger partial charge is 0.330 e. The lowest BCUT2D eigenvalue weighted by molar-refractivity contribution is -0.385. The SMILES string of the molecule is COC(=O)C(C)(C)NC(=O)c1ccc([N+](=O)[O-])c(C)c1. The maximum absolute atomic E-state index is 12.0. The third kappa shape index (κ3) is 3.31. The van der Waals surface area contributed by atoms with Gasteiger partial charge in [0.15, 0.2) is 0 Å². The van der Waals surface area contributed by atoms with E-state index in [9.17, 15) is 19.7 Å². The largest absolute Gasteiger partial charge is 0.467 e. The molecule has 0 spiro atoms. The van der Waals surface area contributed by atoms with Crippen molar-refractivity contribution in [2.24, 2.45) is 0 Å². The molecule has 1 rings (SSSR count). The van der Waals surface area contributed by atoms with Gasteiger partial charge in [0, 0.05) is 17.2 Å². The molecule has 0 fully saturated rings. The van der Waals surface area contributed by atoms with Crippen molar-refractivity contribution >= 4 is 17.6 Å². The number of esters is 1. The molecule has 0 heterocycles. The number of nitrogens with one attached hydrogen (secondary N) is 1. The summed E-state index contributed by atoms with van der Waals surface area (Å²) in [6.45, 7) is 4.56. The van der Waals surface area contributed by atoms with Gasteiger partial charge in [0.25, 0.3) is 11.6 Å². The fourth-order valence-electron chi connectivity index (χ4n) is 1.66. The molecule has 0 aliphatic carbocycles. The molecule has 1 aromatic rings. The number of amides is 1. The van der Waals surface area contributed by atoms with Crippen molar-refractivity contribution in [3.05, 3.63) is 39.4 Å². The lowest BCUT2D eigenvalue weighted by Gasteiger charge is -2.23. The van der Waals surface area contributed by atoms with Crippen LogP contribution in [0.5, 0.6) is 0 Å². The van der Waals surface area contributed by atoms with Gasteiger partial charge < -0.3 is 10.1 Å². The number of methoxy groups -OCH3 is 1. The lowest BCUT2D eigenvalue weighted by atomic mass is 10.0. The molecule has 7 heteroatoms. The summed E-state index contributed by atoms with van der Waals surface area (Å²) in [6, 6.07) is 4.00. The predicted octanol–water partition coefficient (Wildman–Crippen LogP) is 1.58. The Hall–Kier alpha value is -2.44. The minimum Gasteiger partial charge on any atom is -0.467 e. The van der Waals surface area contributed by atoms with E-state index in [4.69, 9.17) is 0 Å². The highest BCUT2D eigenvalue weighted by atomic mass is 16.6. The standard InChI is InChI=1S/C13H16N2O5/c1-8-7-9(5-6-10(8)15(18)19)11(16)14-13(2,3)12(17)20-4/h5-7H,1-4H3,(H,14,16). The minimum atomic E-state index is -1.18. The first-order valence-corrected chi connectivity index (χ1v) is 5.85. The molecular formula is C13H16N2O5. The molecule has 108 valence electrons. The van der Waals surface area contributed by atoms with Gasteiger partial charge in [-0.05, 0) is 32.9 Å². The summed E-state index contributed by atoms with van der Waals surface area (Å²) >= 11 is 0. The zero-order chi connectivity index (χ0) is 15.5. The van der Waals surface area contributed by atoms with Crippen molar-refractivity contribution in [2.45, 2.75) is 26.3 Å². The number of rotatable bonds is 4. The molecule has 0 aliphatic heterocycles. The van der Waals surface area contributed by atoms with Crippen LogP contribution >= 0.6 is 0 Å². The average Bonchev–Trinajstić information content (AvgIpc) is 2.36. The van der Waals surface area contributed by atoms with E-state index in [0.717, 1.165) is 0 Å². The molecule has 0 unspecified atom stereocenters. The van der Waals surface area contributed by atoms with Crippen LogP contribution in [-0.4, -0.2) is 29.4 Å². The Morgan fingerprint density at radius 1 is 1.35 bits per heavy atom. The highest BCUT2D eigenvalue weighted by Gasteiger charge is 2.31. The number of carbonyl (C=O) groups excluding carboxylic acids is 2. The van der Waals surface area contributed by atoms with Gasteiger partial charge in [0.05, 0.1) is 12.0 Å². The van der Waals surface area contributed by atoms with E-state index < -0.39 is 22.3 Å². The Bertz CT molecular complexity index is 566. The van der Waals surface area contributed by atoms with Crippen LogP contribution in [0.15, 0.2) is 18.2 Å². The van der Waals surface area contributed by atoms with Crippen LogP contribution in [-0.2, 0) is 9.53 Å². The third-order valence-corrected chi connectivity index (χ3v) is 2.78. The highest BCUT2D eigenvalue weighted by molar-refractivity contribution is 5.98. The second kappa shape index (κ2) is 5.68. The second-order valence-corrected chi connectivity index (χ2v) is 4.83. The van der Waals surface area contributed by atoms with Gasteiger partial charge in [-0.2, -0.15) is 0 Å². The van der Waals surface area contributed by atoms with Gasteiger partial charge in [0.2, 0.25) is 0 Å². The van der Waals surface area contributed by atoms with E-state index >= 15 is 0 Å². The van der Waals surface area contributed by atoms with Gasteiger partial charge in [-0.15, -0.1) is 0 Å². The molecule has 0 radical (unpaired) electrons. The maximum atomic E-state index is 12.0. The summed E-state index contributed by atoms with van der Waals surface area (Å²) < 4.78 is 4.58. The van der Waals surface area contributed by atoms with Crippen LogP contribution < -0.4 is 5.32 Å². The van der Waals surface area contributed by atoms with E-state index in [2.05, 4.69) is 10.1 Å². The van der Waals surface area contributed by atoms with Gasteiger partial charge in [0.1, 0.15) is 5.54 Å². The first-order chi connectivity index (χ1) is 9.19. The zero-order valence-electron chi connectivity index (χ0n) is 11.7. The summed E-state index contributed by atoms with van der Waals surface area (Å²) in [6.07, 6.45) is 0. The number of nitro groups is 1. The molecule has 1 aromatic carbocycles. The lowest BCUT2D eigenvalue weighted by Crippen LogP contribution is -2.50. The van der Waals surface area contributed by atoms with Crippen LogP contribution in [0.1, 0.15) is 29.8 Å². The van der Waals surface area contributed by atoms with Crippen molar-refractivity contribution in [2.75, 3.05) is 7.11 Å². The Kier molecular flexibility index (Phi) is 4.44. The van der Waals surface area contributed by atoms with Crippen molar-refractivity contribution in [1.29, 1.82) is 0 Å². The van der Waals surface area contributed by atoms with E-state index in [1.165, 1.54) is 39.2 Å². The fourth-order valence-corrected chi connectivity index (χ4v) is 1.66. The summed E-state index contributed by atoms with van der Waals surface area (Å²) in [5.41, 5.74) is -0.626. The molecular weight excluding hydrogens is 264 g/mol. The van der Waals surface area contributed by atoms with E-state index in [1.54, 1.807) is 6.92 Å². The first-order valence-electron chi connectivity index (χ1n) is 5.85. The van der Waals surface area contributed by atoms with Gasteiger partial charge in [-0.25, -0.2) is 4.79 Å². The van der Waals surface area contributed by atoms with Gasteiger partial charge in [-0.1, -0.05) is 0 Å². The molecule has 1 N–H and O–H groups in total. The van der Waals surface area contributed by atoms with Crippen LogP contribution in [0.2, 0.25) is 0 Å². The van der Waals surface area contributed by atoms with Crippen molar-refractivity contribution in [3.63, 3.8) is 0 Å². The van der Waals surface area contributed by atoms with Crippen molar-refractivity contribution in [1.82, 2.24) is 5.32 Å². The minimum absolute atomic E-state index is 0.0613. The first kappa shape index (κ1) is 15.6. The highest BCUT2D eigenvalue weighted by Crippen LogP contribution is 2.19. The molecule has 7 nitrogen and oxygen atoms in total. The molecule has 0 saturated carbocycles. The number of nitrogens with zero attached hydrogens (tertiary/aromatic N) is 1. The molecule has 1 amide bonds. The summed E-state index contributed by atoms with van der Waals surface area (Å²) in [7, 11) is 1.23. The van der Waals surface area contributed by atoms with Crippen LogP contribution in [0.25, 0.3) is 0 Å². The molecule has 0 bridgehead atoms. The fraction of sp³-hybridized carbons (Fsp3) is 0.385. The number of ether oxygens (including phenoxy) is 1. The zero-order valence-corrected chi connectivity index (χ0v) is 11.7. The Morgan fingerprint density at radius 3 is 2.40 bits per heavy atom. The second-order valence-electron chi connectivity index (χ2n) is 4.83. The predicted molar refractivity (Wildman–Crippen MR) is 71.4 cm³/mol. The summed E-state index contributed by atoms with van der Waals surface area (Å²) in [5.74, 6) is -1.08. The topological polar surface area (TPSA) is 98.5 Å². The van der Waals surface area contributed by atoms with E-state index in [-0.39, 0.29) is 11.3 Å². The Morgan fingerprint density at radius 2 is 1.95 bits per heavy atom. The van der Waals surface area contributed by atoms with Crippen molar-refractivity contribution < 1.29 is 19.2 Å². The molecule has 0 aliphatic rings. The summed E-state index contributed by atoms with van der Waals surface area (Å²) in [4.78, 5) is 33.7. The number of nitro benzene ring substituents is 1. The normalized spacial score (nSPS) is 10.8. The quantitative estimate of drug-likeness (QED) is 0.513. The van der Waals surface area contributed by atoms with Gasteiger partial charge in [-0.3, -0.25) is 14.9 Å². The monoisotopic (exact) mass is 280 g/mol. The van der Waals surface area contributed by atoms with Crippen LogP contribution in [0.3, 0.4) is 0 Å². The molecule has 0 aromatic heterocycles. The number of hydrogen-bond donors (Lipinski definition) is 1. The van der Waals surface area contributed by atoms with Crippen LogP contribution in [0.4, 0.5) is 5.69 Å². The van der Waals surface area contributed by atoms with E-state index in [1.807, 2.05) is 0 Å². The van der Waals surface area contributed by atoms with Crippen molar-refractivity contribution in [3.8, 4) is 0 Å². The average molecular weight is 280 g/mol. The molecule has 0 saturated heterocycles. The third-order valence-electron chi connectivity index (χ3n) is 2.78. The Labute approximate surface area is 116 Å². The van der Waals surface area contributed by atoms with E-state index in [0.29, 0.717) is 5.56 Å². The number of benzene rings is 1. The number of aryl methyl sites for hydroxylation is 1. The molecule has 20 heavy (non-hydrogen) atoms. The Balaban J connectivity index is 2.97. The summed E-state index contributed by atoms with van der Waals surface area (Å²) in [5, 5.41) is 13.2. The van der Waals surface area contributed by atoms with Crippen LogP contribution in [0, 0.1) is 17.0 Å². The number of hydrogen-bond acceptors (Lipinski definition) is 5. The maximum Gasteiger partial charge on any atom is 0.330 e. The molecule has 0 atom stereocenters. The number of carbonyl (C=O) groups is 2. The van der Waals surface area contributed by atoms with Gasteiger partial charge >= 0.3 is 5.97 Å².